The van der Waals surface area contributed by atoms with Crippen molar-refractivity contribution in [3.8, 4) is 11.5 Å². The quantitative estimate of drug-likeness (QED) is 0.243. The van der Waals surface area contributed by atoms with Gasteiger partial charge in [0, 0.05) is 50.0 Å². The van der Waals surface area contributed by atoms with Gasteiger partial charge < -0.3 is 42.9 Å². The van der Waals surface area contributed by atoms with Crippen LogP contribution in [0.2, 0.25) is 0 Å². The molecule has 136 valence electrons. The van der Waals surface area contributed by atoms with Crippen molar-refractivity contribution in [2.24, 2.45) is 0 Å². The minimum Gasteiger partial charge on any atom is -0.504 e. The summed E-state index contributed by atoms with van der Waals surface area (Å²) in [4.78, 5) is 11.0. The summed E-state index contributed by atoms with van der Waals surface area (Å²) < 4.78 is 0. The molecule has 1 rings (SSSR count). The second-order valence-corrected chi connectivity index (χ2v) is 4.85. The molecule has 0 spiro atoms. The average Bonchev–Trinajstić information content (AvgIpc) is 2.23. The van der Waals surface area contributed by atoms with Gasteiger partial charge in [-0.3, -0.25) is 4.79 Å². The molecule has 0 aromatic heterocycles. The van der Waals surface area contributed by atoms with Gasteiger partial charge >= 0.3 is 0 Å². The number of carbonyl (C=O) groups is 1. The van der Waals surface area contributed by atoms with E-state index in [4.69, 9.17) is 5.11 Å². The number of benzene rings is 1. The Balaban J connectivity index is -0.0000000731. The third-order valence-electron chi connectivity index (χ3n) is 2.11. The van der Waals surface area contributed by atoms with Crippen molar-refractivity contribution < 1.29 is 85.8 Å². The van der Waals surface area contributed by atoms with Crippen LogP contribution in [0, 0.1) is 0 Å². The van der Waals surface area contributed by atoms with E-state index in [2.05, 4.69) is 21.2 Å². The summed E-state index contributed by atoms with van der Waals surface area (Å²) in [5.74, 6) is -0.345. The van der Waals surface area contributed by atoms with E-state index in [0.29, 0.717) is 13.0 Å². The molecule has 0 heterocycles. The molecule has 0 aliphatic rings. The first-order chi connectivity index (χ1) is 7.50. The van der Waals surface area contributed by atoms with Gasteiger partial charge in [-0.1, -0.05) is 22.0 Å². The van der Waals surface area contributed by atoms with Gasteiger partial charge in [0.05, 0.1) is 4.83 Å². The Hall–Kier alpha value is -0.00143. The average molecular weight is 474 g/mol. The zero-order valence-corrected chi connectivity index (χ0v) is 17.1. The molecular weight excluding hydrogens is 450 g/mol. The summed E-state index contributed by atoms with van der Waals surface area (Å²) in [5, 5.41) is 21.1. The molecule has 0 fully saturated rings. The Bertz CT molecular complexity index is 398. The van der Waals surface area contributed by atoms with Crippen molar-refractivity contribution in [2.75, 3.05) is 6.54 Å². The number of halogens is 1. The third kappa shape index (κ3) is 16.6. The van der Waals surface area contributed by atoms with Gasteiger partial charge in [0.25, 0.3) is 0 Å². The van der Waals surface area contributed by atoms with Crippen LogP contribution in [0.4, 0.5) is 0 Å². The maximum absolute atomic E-state index is 11.2. The summed E-state index contributed by atoms with van der Waals surface area (Å²) in [6, 6.07) is 4.62. The van der Waals surface area contributed by atoms with E-state index >= 15 is 0 Å². The Morgan fingerprint density at radius 2 is 1.57 bits per heavy atom. The van der Waals surface area contributed by atoms with Crippen molar-refractivity contribution in [1.29, 1.82) is 0 Å². The minimum absolute atomic E-state index is 0. The van der Waals surface area contributed by atoms with Gasteiger partial charge in [-0.15, -0.1) is 0 Å². The molecule has 1 aromatic rings. The molecule has 12 heteroatoms. The predicted molar refractivity (Wildman–Crippen MR) is 82.9 cm³/mol. The van der Waals surface area contributed by atoms with Crippen LogP contribution in [-0.4, -0.2) is 54.9 Å². The SMILES string of the molecule is CC(Br)C(=O)NCCc1ccc(O)c(O)c1.O.O.O.O.O.[Ti].[Ti]. The maximum atomic E-state index is 11.2. The second-order valence-electron chi connectivity index (χ2n) is 3.48. The number of rotatable bonds is 4. The summed E-state index contributed by atoms with van der Waals surface area (Å²) in [7, 11) is 0. The number of carbonyl (C=O) groups excluding carboxylic acids is 1. The number of nitrogens with one attached hydrogen (secondary N) is 1. The Labute approximate surface area is 172 Å². The molecule has 0 saturated heterocycles. The van der Waals surface area contributed by atoms with Crippen LogP contribution >= 0.6 is 15.9 Å². The summed E-state index contributed by atoms with van der Waals surface area (Å²) >= 11 is 3.16. The first kappa shape index (κ1) is 43.5. The number of aromatic hydroxyl groups is 2. The van der Waals surface area contributed by atoms with Gasteiger partial charge in [0.1, 0.15) is 0 Å². The molecule has 0 radical (unpaired) electrons. The molecule has 23 heavy (non-hydrogen) atoms. The number of amides is 1. The van der Waals surface area contributed by atoms with Crippen molar-refractivity contribution >= 4 is 21.8 Å². The molecule has 0 bridgehead atoms. The van der Waals surface area contributed by atoms with Crippen LogP contribution in [0.15, 0.2) is 18.2 Å². The Morgan fingerprint density at radius 3 is 1.96 bits per heavy atom. The molecule has 9 nitrogen and oxygen atoms in total. The van der Waals surface area contributed by atoms with Crippen LogP contribution in [0.3, 0.4) is 0 Å². The molecule has 0 aliphatic carbocycles. The van der Waals surface area contributed by atoms with Gasteiger partial charge in [-0.2, -0.15) is 0 Å². The molecule has 1 amide bonds. The van der Waals surface area contributed by atoms with Crippen molar-refractivity contribution in [3.63, 3.8) is 0 Å². The fraction of sp³-hybridized carbons (Fsp3) is 0.364. The van der Waals surface area contributed by atoms with Crippen LogP contribution < -0.4 is 5.32 Å². The number of alkyl halides is 1. The van der Waals surface area contributed by atoms with Gasteiger partial charge in [-0.25, -0.2) is 0 Å². The van der Waals surface area contributed by atoms with Crippen LogP contribution in [0.5, 0.6) is 11.5 Å². The molecule has 0 saturated carbocycles. The van der Waals surface area contributed by atoms with Gasteiger partial charge in [0.15, 0.2) is 11.5 Å². The van der Waals surface area contributed by atoms with E-state index in [-0.39, 0.29) is 93.0 Å². The van der Waals surface area contributed by atoms with Crippen LogP contribution in [0.1, 0.15) is 12.5 Å². The zero-order chi connectivity index (χ0) is 12.1. The monoisotopic (exact) mass is 473 g/mol. The standard InChI is InChI=1S/C11H14BrNO3.5H2O.2Ti/c1-7(12)11(16)13-5-4-8-2-3-9(14)10(15)6-8;;;;;;;/h2-3,6-7,14-15H,4-5H2,1H3,(H,13,16);5*1H2;;. The number of phenols is 2. The van der Waals surface area contributed by atoms with Crippen molar-refractivity contribution in [1.82, 2.24) is 5.32 Å². The van der Waals surface area contributed by atoms with E-state index in [1.54, 1.807) is 13.0 Å². The van der Waals surface area contributed by atoms with E-state index in [0.717, 1.165) is 5.56 Å². The van der Waals surface area contributed by atoms with E-state index < -0.39 is 0 Å². The van der Waals surface area contributed by atoms with Crippen molar-refractivity contribution in [3.05, 3.63) is 23.8 Å². The summed E-state index contributed by atoms with van der Waals surface area (Å²) in [6.07, 6.45) is 0.610. The molecule has 0 aliphatic heterocycles. The first-order valence-electron chi connectivity index (χ1n) is 4.93. The molecule has 1 unspecified atom stereocenters. The van der Waals surface area contributed by atoms with Gasteiger partial charge in [-0.05, 0) is 31.0 Å². The van der Waals surface area contributed by atoms with Crippen molar-refractivity contribution in [2.45, 2.75) is 18.2 Å². The second kappa shape index (κ2) is 22.0. The topological polar surface area (TPSA) is 227 Å². The molecule has 13 N–H and O–H groups in total. The minimum atomic E-state index is -0.208. The largest absolute Gasteiger partial charge is 0.504 e. The zero-order valence-electron chi connectivity index (χ0n) is 12.4. The Morgan fingerprint density at radius 1 is 1.09 bits per heavy atom. The Kier molecular flexibility index (Phi) is 41.6. The van der Waals surface area contributed by atoms with E-state index in [1.807, 2.05) is 0 Å². The third-order valence-corrected chi connectivity index (χ3v) is 2.53. The molecule has 1 aromatic carbocycles. The smallest absolute Gasteiger partial charge is 0.233 e. The molecule has 1 atom stereocenters. The predicted octanol–water partition coefficient (Wildman–Crippen LogP) is -2.59. The van der Waals surface area contributed by atoms with Gasteiger partial charge in [0.2, 0.25) is 5.91 Å². The van der Waals surface area contributed by atoms with Crippen LogP contribution in [0.25, 0.3) is 0 Å². The summed E-state index contributed by atoms with van der Waals surface area (Å²) in [6.45, 7) is 2.25. The number of hydrogen-bond donors (Lipinski definition) is 3. The van der Waals surface area contributed by atoms with E-state index in [9.17, 15) is 9.90 Å². The van der Waals surface area contributed by atoms with E-state index in [1.165, 1.54) is 12.1 Å². The first-order valence-corrected chi connectivity index (χ1v) is 5.85. The normalized spacial score (nSPS) is 8.43. The maximum Gasteiger partial charge on any atom is 0.233 e. The number of phenolic OH excluding ortho intramolecular Hbond substituents is 2. The summed E-state index contributed by atoms with van der Waals surface area (Å²) in [5.41, 5.74) is 0.859. The molecular formula is C11H24BrNO8Ti2. The van der Waals surface area contributed by atoms with Crippen LogP contribution in [-0.2, 0) is 54.7 Å². The number of hydrogen-bond acceptors (Lipinski definition) is 3. The fourth-order valence-electron chi connectivity index (χ4n) is 1.20. The fourth-order valence-corrected chi connectivity index (χ4v) is 1.36.